The molecule has 0 atom stereocenters. The van der Waals surface area contributed by atoms with E-state index in [1.54, 1.807) is 29.8 Å². The lowest BCUT2D eigenvalue weighted by atomic mass is 10.2. The number of rotatable bonds is 3. The summed E-state index contributed by atoms with van der Waals surface area (Å²) >= 11 is 0. The molecule has 0 aliphatic heterocycles. The molecule has 0 bridgehead atoms. The number of anilines is 1. The highest BCUT2D eigenvalue weighted by atomic mass is 16.1. The molecule has 2 rings (SSSR count). The number of ketones is 1. The van der Waals surface area contributed by atoms with Gasteiger partial charge in [-0.1, -0.05) is 11.3 Å². The summed E-state index contributed by atoms with van der Waals surface area (Å²) in [5.74, 6) is -0.265. The highest BCUT2D eigenvalue weighted by Gasteiger charge is 2.13. The van der Waals surface area contributed by atoms with Crippen molar-refractivity contribution < 1.29 is 9.59 Å². The molecular weight excluding hydrogens is 244 g/mol. The average Bonchev–Trinajstić information content (AvgIpc) is 2.70. The Morgan fingerprint density at radius 1 is 1.26 bits per heavy atom. The molecule has 1 amide bonds. The van der Waals surface area contributed by atoms with Gasteiger partial charge in [0, 0.05) is 19.5 Å². The summed E-state index contributed by atoms with van der Waals surface area (Å²) in [5, 5.41) is 10.5. The van der Waals surface area contributed by atoms with Gasteiger partial charge in [0.15, 0.2) is 11.5 Å². The number of hydrogen-bond donors (Lipinski definition) is 1. The van der Waals surface area contributed by atoms with E-state index >= 15 is 0 Å². The quantitative estimate of drug-likeness (QED) is 0.851. The van der Waals surface area contributed by atoms with Crippen molar-refractivity contribution in [3.05, 3.63) is 35.7 Å². The van der Waals surface area contributed by atoms with E-state index < -0.39 is 0 Å². The van der Waals surface area contributed by atoms with Gasteiger partial charge in [0.2, 0.25) is 5.91 Å². The summed E-state index contributed by atoms with van der Waals surface area (Å²) < 4.78 is 1.57. The van der Waals surface area contributed by atoms with Crippen molar-refractivity contribution in [2.24, 2.45) is 0 Å². The van der Waals surface area contributed by atoms with Crippen LogP contribution in [0.25, 0.3) is 5.69 Å². The van der Waals surface area contributed by atoms with Crippen LogP contribution in [0.3, 0.4) is 0 Å². The second-order valence-corrected chi connectivity index (χ2v) is 4.22. The van der Waals surface area contributed by atoms with Gasteiger partial charge >= 0.3 is 0 Å². The number of hydrogen-bond acceptors (Lipinski definition) is 4. The van der Waals surface area contributed by atoms with E-state index in [2.05, 4.69) is 15.6 Å². The predicted octanol–water partition coefficient (Wildman–Crippen LogP) is 1.74. The summed E-state index contributed by atoms with van der Waals surface area (Å²) in [6, 6.07) is 7.18. The van der Waals surface area contributed by atoms with E-state index in [1.165, 1.54) is 13.8 Å². The molecule has 0 saturated heterocycles. The van der Waals surface area contributed by atoms with Gasteiger partial charge in [0.05, 0.1) is 11.4 Å². The van der Waals surface area contributed by atoms with Gasteiger partial charge < -0.3 is 5.32 Å². The van der Waals surface area contributed by atoms with Gasteiger partial charge in [-0.25, -0.2) is 4.68 Å². The van der Waals surface area contributed by atoms with Gasteiger partial charge in [-0.05, 0) is 25.1 Å². The van der Waals surface area contributed by atoms with Crippen molar-refractivity contribution in [2.75, 3.05) is 5.32 Å². The van der Waals surface area contributed by atoms with Crippen LogP contribution in [0.15, 0.2) is 24.3 Å². The minimum atomic E-state index is -0.142. The third-order valence-electron chi connectivity index (χ3n) is 2.64. The smallest absolute Gasteiger partial charge is 0.221 e. The van der Waals surface area contributed by atoms with Crippen molar-refractivity contribution in [1.82, 2.24) is 15.0 Å². The standard InChI is InChI=1S/C13H14N4O2/c1-8-13(9(2)18)15-16-17(8)12-6-4-5-11(7-12)14-10(3)19/h4-7H,1-3H3,(H,14,19). The molecule has 19 heavy (non-hydrogen) atoms. The molecule has 1 heterocycles. The maximum atomic E-state index is 11.4. The molecule has 2 aromatic rings. The predicted molar refractivity (Wildman–Crippen MR) is 70.4 cm³/mol. The van der Waals surface area contributed by atoms with Gasteiger partial charge in [-0.15, -0.1) is 5.10 Å². The van der Waals surface area contributed by atoms with Gasteiger partial charge in [0.1, 0.15) is 0 Å². The summed E-state index contributed by atoms with van der Waals surface area (Å²) in [5.41, 5.74) is 2.44. The van der Waals surface area contributed by atoms with Crippen LogP contribution in [0.4, 0.5) is 5.69 Å². The number of aromatic nitrogens is 3. The Hall–Kier alpha value is -2.50. The van der Waals surface area contributed by atoms with Gasteiger partial charge in [0.25, 0.3) is 0 Å². The first-order chi connectivity index (χ1) is 8.99. The molecular formula is C13H14N4O2. The van der Waals surface area contributed by atoms with Crippen molar-refractivity contribution in [2.45, 2.75) is 20.8 Å². The van der Waals surface area contributed by atoms with E-state index in [4.69, 9.17) is 0 Å². The molecule has 6 heteroatoms. The molecule has 6 nitrogen and oxygen atoms in total. The van der Waals surface area contributed by atoms with Crippen LogP contribution in [0, 0.1) is 6.92 Å². The molecule has 0 saturated carbocycles. The number of nitrogens with zero attached hydrogens (tertiary/aromatic N) is 3. The monoisotopic (exact) mass is 258 g/mol. The molecule has 0 aliphatic rings. The Morgan fingerprint density at radius 3 is 2.58 bits per heavy atom. The fourth-order valence-corrected chi connectivity index (χ4v) is 1.82. The first-order valence-corrected chi connectivity index (χ1v) is 5.80. The number of Topliss-reactive ketones (excluding diaryl/α,β-unsaturated/α-hetero) is 1. The van der Waals surface area contributed by atoms with Crippen molar-refractivity contribution in [1.29, 1.82) is 0 Å². The van der Waals surface area contributed by atoms with Gasteiger partial charge in [-0.3, -0.25) is 9.59 Å². The van der Waals surface area contributed by atoms with Crippen molar-refractivity contribution in [3.8, 4) is 5.69 Å². The Bertz CT molecular complexity index is 646. The maximum Gasteiger partial charge on any atom is 0.221 e. The topological polar surface area (TPSA) is 76.9 Å². The molecule has 0 fully saturated rings. The largest absolute Gasteiger partial charge is 0.326 e. The SMILES string of the molecule is CC(=O)Nc1cccc(-n2nnc(C(C)=O)c2C)c1. The van der Waals surface area contributed by atoms with E-state index in [0.29, 0.717) is 17.1 Å². The van der Waals surface area contributed by atoms with Crippen LogP contribution in [-0.2, 0) is 4.79 Å². The third-order valence-corrected chi connectivity index (χ3v) is 2.64. The molecule has 0 aliphatic carbocycles. The summed E-state index contributed by atoms with van der Waals surface area (Å²) in [4.78, 5) is 22.4. The summed E-state index contributed by atoms with van der Waals surface area (Å²) in [6.07, 6.45) is 0. The highest BCUT2D eigenvalue weighted by Crippen LogP contribution is 2.17. The molecule has 0 unspecified atom stereocenters. The lowest BCUT2D eigenvalue weighted by Gasteiger charge is -2.06. The van der Waals surface area contributed by atoms with Crippen LogP contribution in [-0.4, -0.2) is 26.7 Å². The average molecular weight is 258 g/mol. The van der Waals surface area contributed by atoms with Crippen LogP contribution in [0.5, 0.6) is 0 Å². The minimum Gasteiger partial charge on any atom is -0.326 e. The van der Waals surface area contributed by atoms with E-state index in [0.717, 1.165) is 5.69 Å². The van der Waals surface area contributed by atoms with Crippen LogP contribution < -0.4 is 5.32 Å². The minimum absolute atomic E-state index is 0.123. The zero-order valence-corrected chi connectivity index (χ0v) is 11.0. The summed E-state index contributed by atoms with van der Waals surface area (Å²) in [7, 11) is 0. The van der Waals surface area contributed by atoms with Crippen LogP contribution in [0.1, 0.15) is 30.0 Å². The first kappa shape index (κ1) is 12.9. The number of nitrogens with one attached hydrogen (secondary N) is 1. The Kier molecular flexibility index (Phi) is 3.41. The fourth-order valence-electron chi connectivity index (χ4n) is 1.82. The third kappa shape index (κ3) is 2.67. The maximum absolute atomic E-state index is 11.4. The lowest BCUT2D eigenvalue weighted by Crippen LogP contribution is -2.07. The molecule has 98 valence electrons. The Labute approximate surface area is 110 Å². The van der Waals surface area contributed by atoms with Crippen LogP contribution >= 0.6 is 0 Å². The van der Waals surface area contributed by atoms with Crippen molar-refractivity contribution >= 4 is 17.4 Å². The molecule has 0 radical (unpaired) electrons. The molecule has 1 aromatic heterocycles. The van der Waals surface area contributed by atoms with Crippen LogP contribution in [0.2, 0.25) is 0 Å². The molecule has 1 N–H and O–H groups in total. The number of amides is 1. The number of carbonyl (C=O) groups excluding carboxylic acids is 2. The fraction of sp³-hybridized carbons (Fsp3) is 0.231. The second-order valence-electron chi connectivity index (χ2n) is 4.22. The zero-order chi connectivity index (χ0) is 14.0. The van der Waals surface area contributed by atoms with E-state index in [-0.39, 0.29) is 11.7 Å². The molecule has 1 aromatic carbocycles. The first-order valence-electron chi connectivity index (χ1n) is 5.80. The highest BCUT2D eigenvalue weighted by molar-refractivity contribution is 5.93. The zero-order valence-electron chi connectivity index (χ0n) is 11.0. The summed E-state index contributed by atoms with van der Waals surface area (Å²) in [6.45, 7) is 4.68. The Balaban J connectivity index is 2.42. The van der Waals surface area contributed by atoms with Crippen molar-refractivity contribution in [3.63, 3.8) is 0 Å². The number of carbonyl (C=O) groups is 2. The second kappa shape index (κ2) is 5.01. The Morgan fingerprint density at radius 2 is 2.00 bits per heavy atom. The normalized spacial score (nSPS) is 10.3. The van der Waals surface area contributed by atoms with E-state index in [1.807, 2.05) is 6.07 Å². The molecule has 0 spiro atoms. The van der Waals surface area contributed by atoms with Gasteiger partial charge in [-0.2, -0.15) is 0 Å². The lowest BCUT2D eigenvalue weighted by molar-refractivity contribution is -0.114. The van der Waals surface area contributed by atoms with E-state index in [9.17, 15) is 9.59 Å². The number of benzene rings is 1.